The number of hydrogen-bond acceptors (Lipinski definition) is 4. The lowest BCUT2D eigenvalue weighted by atomic mass is 10.1. The Morgan fingerprint density at radius 1 is 1.17 bits per heavy atom. The predicted octanol–water partition coefficient (Wildman–Crippen LogP) is 3.54. The summed E-state index contributed by atoms with van der Waals surface area (Å²) < 4.78 is 10.5. The zero-order valence-corrected chi connectivity index (χ0v) is 13.7. The zero-order chi connectivity index (χ0) is 16.9. The van der Waals surface area contributed by atoms with Gasteiger partial charge in [0.1, 0.15) is 0 Å². The maximum absolute atomic E-state index is 12.7. The molecule has 1 N–H and O–H groups in total. The molecule has 126 valence electrons. The fourth-order valence-corrected chi connectivity index (χ4v) is 2.92. The summed E-state index contributed by atoms with van der Waals surface area (Å²) in [6.07, 6.45) is 4.59. The van der Waals surface area contributed by atoms with Gasteiger partial charge < -0.3 is 14.5 Å². The number of hydrogen-bond donors (Lipinski definition) is 1. The fraction of sp³-hybridized carbons (Fsp3) is 0.368. The Balaban J connectivity index is 1.78. The van der Waals surface area contributed by atoms with E-state index in [-0.39, 0.29) is 17.7 Å². The molecule has 0 unspecified atom stereocenters. The Kier molecular flexibility index (Phi) is 4.99. The maximum Gasteiger partial charge on any atom is 0.375 e. The van der Waals surface area contributed by atoms with E-state index in [4.69, 9.17) is 9.15 Å². The van der Waals surface area contributed by atoms with Crippen LogP contribution in [0.1, 0.15) is 53.5 Å². The fourth-order valence-electron chi connectivity index (χ4n) is 2.92. The smallest absolute Gasteiger partial charge is 0.375 e. The van der Waals surface area contributed by atoms with Gasteiger partial charge in [-0.3, -0.25) is 4.79 Å². The summed E-state index contributed by atoms with van der Waals surface area (Å²) in [6, 6.07) is 10.7. The lowest BCUT2D eigenvalue weighted by Crippen LogP contribution is -2.38. The SMILES string of the molecule is Cc1ccc([C@H](OC(=O)c2ccco2)C(=O)NC2CCCC2)cc1. The molecule has 0 radical (unpaired) electrons. The molecule has 1 saturated carbocycles. The lowest BCUT2D eigenvalue weighted by molar-refractivity contribution is -0.131. The number of carbonyl (C=O) groups excluding carboxylic acids is 2. The summed E-state index contributed by atoms with van der Waals surface area (Å²) in [4.78, 5) is 24.9. The minimum absolute atomic E-state index is 0.0841. The molecule has 24 heavy (non-hydrogen) atoms. The van der Waals surface area contributed by atoms with Crippen molar-refractivity contribution in [2.24, 2.45) is 0 Å². The molecule has 1 fully saturated rings. The average Bonchev–Trinajstić information content (AvgIpc) is 3.27. The Bertz CT molecular complexity index is 685. The third kappa shape index (κ3) is 3.85. The van der Waals surface area contributed by atoms with Crippen molar-refractivity contribution >= 4 is 11.9 Å². The van der Waals surface area contributed by atoms with Gasteiger partial charge in [-0.15, -0.1) is 0 Å². The maximum atomic E-state index is 12.7. The van der Waals surface area contributed by atoms with Gasteiger partial charge in [0.25, 0.3) is 5.91 Å². The molecule has 5 heteroatoms. The number of esters is 1. The molecule has 1 heterocycles. The molecule has 1 amide bonds. The van der Waals surface area contributed by atoms with Crippen LogP contribution in [-0.4, -0.2) is 17.9 Å². The molecule has 1 aliphatic rings. The van der Waals surface area contributed by atoms with Crippen LogP contribution < -0.4 is 5.32 Å². The van der Waals surface area contributed by atoms with Gasteiger partial charge in [0.15, 0.2) is 0 Å². The second-order valence-corrected chi connectivity index (χ2v) is 6.16. The number of rotatable bonds is 5. The van der Waals surface area contributed by atoms with Gasteiger partial charge in [-0.05, 0) is 31.9 Å². The molecule has 0 aliphatic heterocycles. The summed E-state index contributed by atoms with van der Waals surface area (Å²) in [6.45, 7) is 1.96. The first-order valence-electron chi connectivity index (χ1n) is 8.25. The molecule has 5 nitrogen and oxygen atoms in total. The number of amides is 1. The van der Waals surface area contributed by atoms with E-state index in [1.54, 1.807) is 6.07 Å². The largest absolute Gasteiger partial charge is 0.457 e. The molecule has 1 aliphatic carbocycles. The van der Waals surface area contributed by atoms with E-state index in [0.717, 1.165) is 31.2 Å². The monoisotopic (exact) mass is 327 g/mol. The van der Waals surface area contributed by atoms with Gasteiger partial charge in [-0.1, -0.05) is 42.7 Å². The van der Waals surface area contributed by atoms with Gasteiger partial charge in [0.2, 0.25) is 11.9 Å². The highest BCUT2D eigenvalue weighted by Crippen LogP contribution is 2.23. The highest BCUT2D eigenvalue weighted by atomic mass is 16.6. The van der Waals surface area contributed by atoms with Gasteiger partial charge in [0.05, 0.1) is 6.26 Å². The second-order valence-electron chi connectivity index (χ2n) is 6.16. The summed E-state index contributed by atoms with van der Waals surface area (Å²) in [5, 5.41) is 3.00. The van der Waals surface area contributed by atoms with Crippen LogP contribution in [0, 0.1) is 6.92 Å². The Morgan fingerprint density at radius 2 is 1.88 bits per heavy atom. The number of carbonyl (C=O) groups is 2. The molecular formula is C19H21NO4. The first-order chi connectivity index (χ1) is 11.6. The highest BCUT2D eigenvalue weighted by Gasteiger charge is 2.29. The van der Waals surface area contributed by atoms with Crippen LogP contribution in [0.3, 0.4) is 0 Å². The van der Waals surface area contributed by atoms with Crippen LogP contribution in [0.5, 0.6) is 0 Å². The van der Waals surface area contributed by atoms with E-state index in [1.165, 1.54) is 12.3 Å². The van der Waals surface area contributed by atoms with Crippen molar-refractivity contribution in [3.05, 3.63) is 59.5 Å². The van der Waals surface area contributed by atoms with Crippen molar-refractivity contribution in [3.63, 3.8) is 0 Å². The number of ether oxygens (including phenoxy) is 1. The molecule has 0 bridgehead atoms. The minimum atomic E-state index is -0.983. The van der Waals surface area contributed by atoms with Crippen LogP contribution >= 0.6 is 0 Å². The van der Waals surface area contributed by atoms with Gasteiger partial charge in [0, 0.05) is 11.6 Å². The Labute approximate surface area is 141 Å². The Hall–Kier alpha value is -2.56. The van der Waals surface area contributed by atoms with Gasteiger partial charge >= 0.3 is 5.97 Å². The summed E-state index contributed by atoms with van der Waals surface area (Å²) >= 11 is 0. The third-order valence-electron chi connectivity index (χ3n) is 4.27. The highest BCUT2D eigenvalue weighted by molar-refractivity contribution is 5.90. The quantitative estimate of drug-likeness (QED) is 0.853. The van der Waals surface area contributed by atoms with E-state index < -0.39 is 12.1 Å². The number of benzene rings is 1. The van der Waals surface area contributed by atoms with E-state index in [1.807, 2.05) is 31.2 Å². The topological polar surface area (TPSA) is 68.5 Å². The Morgan fingerprint density at radius 3 is 2.50 bits per heavy atom. The third-order valence-corrected chi connectivity index (χ3v) is 4.27. The van der Waals surface area contributed by atoms with Gasteiger partial charge in [-0.2, -0.15) is 0 Å². The van der Waals surface area contributed by atoms with Gasteiger partial charge in [-0.25, -0.2) is 4.79 Å². The molecule has 1 aromatic heterocycles. The van der Waals surface area contributed by atoms with Crippen molar-refractivity contribution in [2.75, 3.05) is 0 Å². The second kappa shape index (κ2) is 7.34. The standard InChI is InChI=1S/C19H21NO4/c1-13-8-10-14(11-9-13)17(18(21)20-15-5-2-3-6-15)24-19(22)16-7-4-12-23-16/h4,7-12,15,17H,2-3,5-6H2,1H3,(H,20,21)/t17-/m0/s1. The van der Waals surface area contributed by atoms with E-state index in [9.17, 15) is 9.59 Å². The van der Waals surface area contributed by atoms with Crippen molar-refractivity contribution in [1.82, 2.24) is 5.32 Å². The molecular weight excluding hydrogens is 306 g/mol. The predicted molar refractivity (Wildman–Crippen MR) is 88.4 cm³/mol. The van der Waals surface area contributed by atoms with Crippen LogP contribution in [0.2, 0.25) is 0 Å². The van der Waals surface area contributed by atoms with Crippen molar-refractivity contribution in [1.29, 1.82) is 0 Å². The zero-order valence-electron chi connectivity index (χ0n) is 13.7. The number of aryl methyl sites for hydroxylation is 1. The normalized spacial score (nSPS) is 15.9. The molecule has 3 rings (SSSR count). The molecule has 2 aromatic rings. The first kappa shape index (κ1) is 16.3. The van der Waals surface area contributed by atoms with E-state index in [0.29, 0.717) is 5.56 Å². The first-order valence-corrected chi connectivity index (χ1v) is 8.25. The van der Waals surface area contributed by atoms with Crippen molar-refractivity contribution in [3.8, 4) is 0 Å². The van der Waals surface area contributed by atoms with Crippen molar-refractivity contribution < 1.29 is 18.7 Å². The molecule has 0 spiro atoms. The lowest BCUT2D eigenvalue weighted by Gasteiger charge is -2.20. The molecule has 1 aromatic carbocycles. The van der Waals surface area contributed by atoms with Crippen LogP contribution in [0.25, 0.3) is 0 Å². The van der Waals surface area contributed by atoms with Crippen LogP contribution in [0.4, 0.5) is 0 Å². The van der Waals surface area contributed by atoms with Crippen LogP contribution in [-0.2, 0) is 9.53 Å². The van der Waals surface area contributed by atoms with Crippen LogP contribution in [0.15, 0.2) is 47.1 Å². The molecule has 0 saturated heterocycles. The number of nitrogens with one attached hydrogen (secondary N) is 1. The van der Waals surface area contributed by atoms with E-state index >= 15 is 0 Å². The van der Waals surface area contributed by atoms with Crippen molar-refractivity contribution in [2.45, 2.75) is 44.8 Å². The summed E-state index contributed by atoms with van der Waals surface area (Å²) in [5.41, 5.74) is 1.72. The number of furan rings is 1. The van der Waals surface area contributed by atoms with E-state index in [2.05, 4.69) is 5.32 Å². The average molecular weight is 327 g/mol. The molecule has 1 atom stereocenters. The summed E-state index contributed by atoms with van der Waals surface area (Å²) in [5.74, 6) is -0.849. The minimum Gasteiger partial charge on any atom is -0.457 e. The summed E-state index contributed by atoms with van der Waals surface area (Å²) in [7, 11) is 0.